The average molecular weight is 465 g/mol. The van der Waals surface area contributed by atoms with Crippen molar-refractivity contribution in [2.75, 3.05) is 40.5 Å². The van der Waals surface area contributed by atoms with E-state index >= 15 is 0 Å². The fourth-order valence-corrected chi connectivity index (χ4v) is 5.37. The van der Waals surface area contributed by atoms with Crippen molar-refractivity contribution in [3.05, 3.63) is 23.8 Å². The van der Waals surface area contributed by atoms with Gasteiger partial charge in [-0.3, -0.25) is 4.79 Å². The molecule has 1 saturated carbocycles. The minimum absolute atomic E-state index is 0.0394. The van der Waals surface area contributed by atoms with Gasteiger partial charge in [0.25, 0.3) is 0 Å². The van der Waals surface area contributed by atoms with Crippen molar-refractivity contribution in [1.29, 1.82) is 0 Å². The Morgan fingerprint density at radius 1 is 1.41 bits per heavy atom. The third kappa shape index (κ3) is 5.62. The van der Waals surface area contributed by atoms with Crippen LogP contribution in [0.2, 0.25) is 0 Å². The molecule has 1 aliphatic heterocycles. The van der Waals surface area contributed by atoms with Crippen LogP contribution >= 0.6 is 0 Å². The molecule has 32 heavy (non-hydrogen) atoms. The summed E-state index contributed by atoms with van der Waals surface area (Å²) in [6.07, 6.45) is 1.73. The average Bonchev–Trinajstić information content (AvgIpc) is 3.58. The van der Waals surface area contributed by atoms with Gasteiger partial charge in [-0.15, -0.1) is 0 Å². The molecule has 0 saturated heterocycles. The van der Waals surface area contributed by atoms with E-state index in [2.05, 4.69) is 11.8 Å². The lowest BCUT2D eigenvalue weighted by atomic mass is 10.0. The summed E-state index contributed by atoms with van der Waals surface area (Å²) in [5, 5.41) is 9.71. The Morgan fingerprint density at radius 2 is 2.12 bits per heavy atom. The molecule has 0 radical (unpaired) electrons. The molecule has 1 heterocycles. The third-order valence-electron chi connectivity index (χ3n) is 5.81. The zero-order chi connectivity index (χ0) is 23.5. The van der Waals surface area contributed by atoms with Crippen LogP contribution in [0, 0.1) is 23.7 Å². The minimum Gasteiger partial charge on any atom is -0.487 e. The molecule has 2 aliphatic rings. The second-order valence-corrected chi connectivity index (χ2v) is 10.5. The van der Waals surface area contributed by atoms with Gasteiger partial charge in [-0.1, -0.05) is 18.8 Å². The van der Waals surface area contributed by atoms with Gasteiger partial charge in [-0.05, 0) is 38.0 Å². The van der Waals surface area contributed by atoms with Gasteiger partial charge in [0.15, 0.2) is 0 Å². The van der Waals surface area contributed by atoms with Crippen molar-refractivity contribution >= 4 is 15.9 Å². The van der Waals surface area contributed by atoms with Crippen molar-refractivity contribution in [3.63, 3.8) is 0 Å². The lowest BCUT2D eigenvalue weighted by molar-refractivity contribution is -0.135. The van der Waals surface area contributed by atoms with E-state index < -0.39 is 22.2 Å². The molecular formula is C23H32N2O6S. The topological polar surface area (TPSA) is 96.4 Å². The van der Waals surface area contributed by atoms with Gasteiger partial charge in [0.05, 0.1) is 13.2 Å². The molecule has 0 unspecified atom stereocenters. The third-order valence-corrected chi connectivity index (χ3v) is 7.83. The summed E-state index contributed by atoms with van der Waals surface area (Å²) >= 11 is 0. The van der Waals surface area contributed by atoms with Crippen LogP contribution in [0.5, 0.6) is 5.75 Å². The first-order valence-corrected chi connectivity index (χ1v) is 12.3. The second kappa shape index (κ2) is 10.2. The maximum absolute atomic E-state index is 13.5. The number of carbonyl (C=O) groups is 1. The van der Waals surface area contributed by atoms with Crippen molar-refractivity contribution < 1.29 is 27.8 Å². The molecule has 0 aromatic heterocycles. The van der Waals surface area contributed by atoms with E-state index in [1.54, 1.807) is 26.1 Å². The molecule has 0 bridgehead atoms. The first-order valence-electron chi connectivity index (χ1n) is 10.8. The number of benzene rings is 1. The Kier molecular flexibility index (Phi) is 7.83. The van der Waals surface area contributed by atoms with E-state index in [4.69, 9.17) is 9.47 Å². The quantitative estimate of drug-likeness (QED) is 0.638. The van der Waals surface area contributed by atoms with Gasteiger partial charge in [-0.2, -0.15) is 4.31 Å². The van der Waals surface area contributed by atoms with E-state index in [0.717, 1.165) is 12.8 Å². The predicted molar refractivity (Wildman–Crippen MR) is 120 cm³/mol. The number of hydrogen-bond donors (Lipinski definition) is 1. The number of hydrogen-bond acceptors (Lipinski definition) is 6. The predicted octanol–water partition coefficient (Wildman–Crippen LogP) is 1.32. The molecule has 9 heteroatoms. The van der Waals surface area contributed by atoms with Gasteiger partial charge in [0.2, 0.25) is 15.9 Å². The van der Waals surface area contributed by atoms with E-state index in [-0.39, 0.29) is 48.8 Å². The van der Waals surface area contributed by atoms with Crippen LogP contribution in [0.25, 0.3) is 0 Å². The second-order valence-electron chi connectivity index (χ2n) is 8.65. The molecule has 1 fully saturated rings. The lowest BCUT2D eigenvalue weighted by Crippen LogP contribution is -2.50. The molecule has 3 rings (SSSR count). The van der Waals surface area contributed by atoms with E-state index in [0.29, 0.717) is 11.5 Å². The van der Waals surface area contributed by atoms with Crippen LogP contribution in [0.15, 0.2) is 23.1 Å². The highest BCUT2D eigenvalue weighted by atomic mass is 32.2. The normalized spacial score (nSPS) is 23.5. The molecule has 0 spiro atoms. The largest absolute Gasteiger partial charge is 0.487 e. The number of likely N-dealkylation sites (N-methyl/N-ethyl adjacent to an activating group) is 1. The van der Waals surface area contributed by atoms with Crippen LogP contribution < -0.4 is 4.74 Å². The van der Waals surface area contributed by atoms with E-state index in [1.807, 2.05) is 6.92 Å². The molecule has 8 nitrogen and oxygen atoms in total. The van der Waals surface area contributed by atoms with Gasteiger partial charge in [-0.25, -0.2) is 8.42 Å². The Balaban J connectivity index is 2.01. The fourth-order valence-electron chi connectivity index (χ4n) is 3.54. The first kappa shape index (κ1) is 24.5. The highest BCUT2D eigenvalue weighted by Gasteiger charge is 2.38. The van der Waals surface area contributed by atoms with Crippen LogP contribution in [0.1, 0.15) is 32.3 Å². The van der Waals surface area contributed by atoms with Crippen molar-refractivity contribution in [3.8, 4) is 17.6 Å². The van der Waals surface area contributed by atoms with E-state index in [9.17, 15) is 18.3 Å². The van der Waals surface area contributed by atoms with Gasteiger partial charge in [0, 0.05) is 44.1 Å². The number of carbonyl (C=O) groups excluding carboxylic acids is 1. The van der Waals surface area contributed by atoms with Gasteiger partial charge < -0.3 is 19.5 Å². The molecule has 1 N–H and O–H groups in total. The molecule has 1 aliphatic carbocycles. The number of rotatable bonds is 6. The van der Waals surface area contributed by atoms with Crippen LogP contribution in [0.4, 0.5) is 0 Å². The summed E-state index contributed by atoms with van der Waals surface area (Å²) in [5.41, 5.74) is 0.684. The first-order chi connectivity index (χ1) is 15.2. The number of ether oxygens (including phenoxy) is 2. The van der Waals surface area contributed by atoms with Crippen molar-refractivity contribution in [1.82, 2.24) is 9.21 Å². The zero-order valence-corrected chi connectivity index (χ0v) is 19.9. The monoisotopic (exact) mass is 464 g/mol. The van der Waals surface area contributed by atoms with Gasteiger partial charge in [0.1, 0.15) is 23.4 Å². The number of aliphatic hydroxyl groups is 1. The zero-order valence-electron chi connectivity index (χ0n) is 19.1. The van der Waals surface area contributed by atoms with Crippen molar-refractivity contribution in [2.24, 2.45) is 11.8 Å². The highest BCUT2D eigenvalue weighted by Crippen LogP contribution is 2.34. The Morgan fingerprint density at radius 3 is 2.75 bits per heavy atom. The van der Waals surface area contributed by atoms with E-state index in [1.165, 1.54) is 22.4 Å². The smallest absolute Gasteiger partial charge is 0.248 e. The number of methoxy groups -OCH3 is 1. The molecular weight excluding hydrogens is 432 g/mol. The lowest BCUT2D eigenvalue weighted by Gasteiger charge is -2.37. The van der Waals surface area contributed by atoms with Crippen LogP contribution in [-0.2, 0) is 19.6 Å². The number of amides is 1. The summed E-state index contributed by atoms with van der Waals surface area (Å²) in [4.78, 5) is 13.8. The summed E-state index contributed by atoms with van der Waals surface area (Å²) in [5.74, 6) is 6.48. The standard InChI is InChI=1S/C23H32N2O6S/c1-16-12-25(17(2)14-26)32(28,29)22-10-9-19(8-7-18-5-6-18)11-20(22)31-21(16)13-24(3)23(27)15-30-4/h9-11,16-18,21,26H,5-6,12-15H2,1-4H3/t16-,17-,21+/m0/s1. The molecule has 1 aromatic rings. The van der Waals surface area contributed by atoms with Crippen molar-refractivity contribution in [2.45, 2.75) is 43.7 Å². The molecule has 1 aromatic carbocycles. The molecule has 3 atom stereocenters. The Labute approximate surface area is 190 Å². The van der Waals surface area contributed by atoms with Gasteiger partial charge >= 0.3 is 0 Å². The maximum Gasteiger partial charge on any atom is 0.248 e. The minimum atomic E-state index is -3.90. The fraction of sp³-hybridized carbons (Fsp3) is 0.609. The number of fused-ring (bicyclic) bond motifs is 1. The highest BCUT2D eigenvalue weighted by molar-refractivity contribution is 7.89. The SMILES string of the molecule is COCC(=O)N(C)C[C@H]1Oc2cc(C#CC3CC3)ccc2S(=O)(=O)N([C@@H](C)CO)C[C@@H]1C. The summed E-state index contributed by atoms with van der Waals surface area (Å²) in [7, 11) is -0.775. The number of sulfonamides is 1. The van der Waals surface area contributed by atoms with Crippen LogP contribution in [-0.4, -0.2) is 81.2 Å². The number of nitrogens with zero attached hydrogens (tertiary/aromatic N) is 2. The summed E-state index contributed by atoms with van der Waals surface area (Å²) < 4.78 is 39.4. The van der Waals surface area contributed by atoms with Crippen LogP contribution in [0.3, 0.4) is 0 Å². The maximum atomic E-state index is 13.5. The summed E-state index contributed by atoms with van der Waals surface area (Å²) in [6, 6.07) is 4.26. The Bertz CT molecular complexity index is 995. The molecule has 176 valence electrons. The molecule has 1 amide bonds. The Hall–Kier alpha value is -2.12. The number of aliphatic hydroxyl groups excluding tert-OH is 1. The summed E-state index contributed by atoms with van der Waals surface area (Å²) in [6.45, 7) is 3.63.